The first-order chi connectivity index (χ1) is 16.0. The molecule has 0 aromatic heterocycles. The van der Waals surface area contributed by atoms with Crippen molar-refractivity contribution in [3.63, 3.8) is 0 Å². The Balaban J connectivity index is 1.60. The van der Waals surface area contributed by atoms with Crippen molar-refractivity contribution in [3.05, 3.63) is 88.4 Å². The molecule has 3 aromatic rings. The van der Waals surface area contributed by atoms with Gasteiger partial charge in [-0.1, -0.05) is 41.1 Å². The largest absolute Gasteiger partial charge is 0.494 e. The number of benzene rings is 3. The van der Waals surface area contributed by atoms with Crippen LogP contribution >= 0.6 is 15.9 Å². The fourth-order valence-electron chi connectivity index (χ4n) is 2.65. The third-order valence-electron chi connectivity index (χ3n) is 4.24. The van der Waals surface area contributed by atoms with Crippen LogP contribution in [0.1, 0.15) is 29.3 Å². The molecule has 0 bridgehead atoms. The van der Waals surface area contributed by atoms with Gasteiger partial charge in [0.25, 0.3) is 5.91 Å². The number of hydrogen-bond acceptors (Lipinski definition) is 6. The average molecular weight is 511 g/mol. The second-order valence-electron chi connectivity index (χ2n) is 6.84. The molecule has 33 heavy (non-hydrogen) atoms. The Morgan fingerprint density at radius 2 is 1.70 bits per heavy atom. The predicted molar refractivity (Wildman–Crippen MR) is 129 cm³/mol. The van der Waals surface area contributed by atoms with Gasteiger partial charge in [-0.15, -0.1) is 0 Å². The summed E-state index contributed by atoms with van der Waals surface area (Å²) in [4.78, 5) is 24.5. The number of esters is 1. The Hall–Kier alpha value is -3.65. The van der Waals surface area contributed by atoms with Crippen molar-refractivity contribution in [2.24, 2.45) is 5.10 Å². The van der Waals surface area contributed by atoms with Gasteiger partial charge < -0.3 is 14.2 Å². The van der Waals surface area contributed by atoms with E-state index in [0.717, 1.165) is 10.9 Å². The zero-order chi connectivity index (χ0) is 23.5. The summed E-state index contributed by atoms with van der Waals surface area (Å²) >= 11 is 3.38. The van der Waals surface area contributed by atoms with Crippen molar-refractivity contribution in [1.29, 1.82) is 0 Å². The molecule has 0 fully saturated rings. The van der Waals surface area contributed by atoms with Crippen molar-refractivity contribution < 1.29 is 23.8 Å². The molecule has 0 aliphatic heterocycles. The summed E-state index contributed by atoms with van der Waals surface area (Å²) in [5.41, 5.74) is 3.28. The van der Waals surface area contributed by atoms with Crippen molar-refractivity contribution in [2.75, 3.05) is 13.2 Å². The second kappa shape index (κ2) is 12.4. The maximum absolute atomic E-state index is 12.6. The molecule has 8 heteroatoms. The molecule has 0 saturated heterocycles. The molecule has 0 heterocycles. The molecule has 0 aliphatic rings. The van der Waals surface area contributed by atoms with Gasteiger partial charge in [0.1, 0.15) is 17.2 Å². The van der Waals surface area contributed by atoms with Gasteiger partial charge in [0.15, 0.2) is 6.61 Å². The highest BCUT2D eigenvalue weighted by molar-refractivity contribution is 9.10. The van der Waals surface area contributed by atoms with Crippen molar-refractivity contribution >= 4 is 34.0 Å². The Morgan fingerprint density at radius 3 is 2.42 bits per heavy atom. The summed E-state index contributed by atoms with van der Waals surface area (Å²) in [5.74, 6) is 0.635. The number of rotatable bonds is 10. The molecule has 0 aliphatic carbocycles. The molecule has 0 spiro atoms. The van der Waals surface area contributed by atoms with E-state index in [0.29, 0.717) is 35.0 Å². The number of carbonyl (C=O) groups excluding carboxylic acids is 2. The monoisotopic (exact) mass is 510 g/mol. The van der Waals surface area contributed by atoms with E-state index in [-0.39, 0.29) is 6.61 Å². The summed E-state index contributed by atoms with van der Waals surface area (Å²) in [7, 11) is 0. The molecule has 0 atom stereocenters. The van der Waals surface area contributed by atoms with E-state index in [1.54, 1.807) is 54.6 Å². The van der Waals surface area contributed by atoms with Gasteiger partial charge in [-0.25, -0.2) is 10.2 Å². The molecule has 7 nitrogen and oxygen atoms in total. The molecule has 0 saturated carbocycles. The van der Waals surface area contributed by atoms with Gasteiger partial charge in [0, 0.05) is 10.0 Å². The van der Waals surface area contributed by atoms with E-state index in [1.807, 2.05) is 25.1 Å². The number of hydrogen-bond donors (Lipinski definition) is 1. The first kappa shape index (κ1) is 24.0. The van der Waals surface area contributed by atoms with E-state index in [9.17, 15) is 9.59 Å². The second-order valence-corrected chi connectivity index (χ2v) is 7.76. The number of hydrazone groups is 1. The highest BCUT2D eigenvalue weighted by Gasteiger charge is 2.12. The van der Waals surface area contributed by atoms with Crippen molar-refractivity contribution in [3.8, 4) is 17.2 Å². The van der Waals surface area contributed by atoms with Crippen LogP contribution in [0.3, 0.4) is 0 Å². The molecule has 3 aromatic carbocycles. The van der Waals surface area contributed by atoms with Gasteiger partial charge in [-0.05, 0) is 61.0 Å². The fraction of sp³-hybridized carbons (Fsp3) is 0.160. The normalized spacial score (nSPS) is 10.6. The van der Waals surface area contributed by atoms with Crippen LogP contribution in [0, 0.1) is 0 Å². The molecule has 1 N–H and O–H groups in total. The van der Waals surface area contributed by atoms with Gasteiger partial charge in [0.2, 0.25) is 0 Å². The Kier molecular flexibility index (Phi) is 9.02. The SMILES string of the molecule is CCCOc1ccc(C(=O)Oc2ccc(Br)cc2/C=N/NC(=O)COc2ccccc2)cc1. The van der Waals surface area contributed by atoms with E-state index in [4.69, 9.17) is 14.2 Å². The Labute approximate surface area is 200 Å². The number of ether oxygens (including phenoxy) is 3. The highest BCUT2D eigenvalue weighted by atomic mass is 79.9. The van der Waals surface area contributed by atoms with Crippen molar-refractivity contribution in [1.82, 2.24) is 5.43 Å². The molecule has 0 radical (unpaired) electrons. The topological polar surface area (TPSA) is 86.2 Å². The Morgan fingerprint density at radius 1 is 0.970 bits per heavy atom. The van der Waals surface area contributed by atoms with Crippen LogP contribution in [-0.2, 0) is 4.79 Å². The number of halogens is 1. The summed E-state index contributed by atoms with van der Waals surface area (Å²) in [6, 6.07) is 20.8. The lowest BCUT2D eigenvalue weighted by Gasteiger charge is -2.09. The van der Waals surface area contributed by atoms with E-state index < -0.39 is 11.9 Å². The van der Waals surface area contributed by atoms with Crippen LogP contribution in [-0.4, -0.2) is 31.3 Å². The van der Waals surface area contributed by atoms with Gasteiger partial charge in [-0.3, -0.25) is 4.79 Å². The third kappa shape index (κ3) is 7.76. The molecule has 3 rings (SSSR count). The molecule has 1 amide bonds. The van der Waals surface area contributed by atoms with Crippen LogP contribution in [0.15, 0.2) is 82.4 Å². The number of nitrogens with zero attached hydrogens (tertiary/aromatic N) is 1. The summed E-state index contributed by atoms with van der Waals surface area (Å²) in [6.07, 6.45) is 2.30. The third-order valence-corrected chi connectivity index (χ3v) is 4.74. The van der Waals surface area contributed by atoms with Gasteiger partial charge in [0.05, 0.1) is 18.4 Å². The number of nitrogens with one attached hydrogen (secondary N) is 1. The van der Waals surface area contributed by atoms with E-state index in [1.165, 1.54) is 6.21 Å². The minimum Gasteiger partial charge on any atom is -0.494 e. The lowest BCUT2D eigenvalue weighted by Crippen LogP contribution is -2.24. The maximum atomic E-state index is 12.6. The van der Waals surface area contributed by atoms with Crippen LogP contribution in [0.2, 0.25) is 0 Å². The average Bonchev–Trinajstić information content (AvgIpc) is 2.84. The smallest absolute Gasteiger partial charge is 0.343 e. The fourth-order valence-corrected chi connectivity index (χ4v) is 3.03. The maximum Gasteiger partial charge on any atom is 0.343 e. The first-order valence-electron chi connectivity index (χ1n) is 10.3. The predicted octanol–water partition coefficient (Wildman–Crippen LogP) is 4.99. The minimum absolute atomic E-state index is 0.181. The standard InChI is InChI=1S/C25H23BrN2O5/c1-2-14-31-22-11-8-18(9-12-22)25(30)33-23-13-10-20(26)15-19(23)16-27-28-24(29)17-32-21-6-4-3-5-7-21/h3-13,15-16H,2,14,17H2,1H3,(H,28,29)/b27-16+. The van der Waals surface area contributed by atoms with Crippen LogP contribution in [0.5, 0.6) is 17.2 Å². The highest BCUT2D eigenvalue weighted by Crippen LogP contribution is 2.23. The van der Waals surface area contributed by atoms with Crippen molar-refractivity contribution in [2.45, 2.75) is 13.3 Å². The zero-order valence-electron chi connectivity index (χ0n) is 18.0. The van der Waals surface area contributed by atoms with Gasteiger partial charge in [-0.2, -0.15) is 5.10 Å². The zero-order valence-corrected chi connectivity index (χ0v) is 19.6. The summed E-state index contributed by atoms with van der Waals surface area (Å²) in [5, 5.41) is 3.94. The van der Waals surface area contributed by atoms with Crippen LogP contribution in [0.4, 0.5) is 0 Å². The minimum atomic E-state index is -0.519. The van der Waals surface area contributed by atoms with E-state index >= 15 is 0 Å². The van der Waals surface area contributed by atoms with Crippen LogP contribution < -0.4 is 19.6 Å². The number of para-hydroxylation sites is 1. The van der Waals surface area contributed by atoms with Gasteiger partial charge >= 0.3 is 5.97 Å². The molecular formula is C25H23BrN2O5. The first-order valence-corrected chi connectivity index (χ1v) is 11.1. The lowest BCUT2D eigenvalue weighted by molar-refractivity contribution is -0.123. The lowest BCUT2D eigenvalue weighted by atomic mass is 10.2. The summed E-state index contributed by atoms with van der Waals surface area (Å²) in [6.45, 7) is 2.45. The number of carbonyl (C=O) groups is 2. The molecule has 170 valence electrons. The van der Waals surface area contributed by atoms with Crippen LogP contribution in [0.25, 0.3) is 0 Å². The Bertz CT molecular complexity index is 1100. The molecular weight excluding hydrogens is 488 g/mol. The van der Waals surface area contributed by atoms with E-state index in [2.05, 4.69) is 26.5 Å². The molecule has 0 unspecified atom stereocenters. The quantitative estimate of drug-likeness (QED) is 0.180. The number of amides is 1. The summed E-state index contributed by atoms with van der Waals surface area (Å²) < 4.78 is 17.2.